The molecular formula is C31H52N6O6. The minimum atomic E-state index is -1.10. The number of carbonyl (C=O) groups excluding carboxylic acids is 6. The molecule has 0 aromatic heterocycles. The summed E-state index contributed by atoms with van der Waals surface area (Å²) in [5.74, 6) is -2.93. The quantitative estimate of drug-likeness (QED) is 0.262. The fourth-order valence-electron chi connectivity index (χ4n) is 6.22. The van der Waals surface area contributed by atoms with Crippen LogP contribution in [0.2, 0.25) is 0 Å². The maximum absolute atomic E-state index is 14.0. The Morgan fingerprint density at radius 2 is 1.51 bits per heavy atom. The van der Waals surface area contributed by atoms with Gasteiger partial charge in [-0.2, -0.15) is 0 Å². The molecule has 5 N–H and O–H groups in total. The molecule has 0 aromatic rings. The SMILES string of the molecule is CC(C)[C@H](NC(=O)N[C@H](C(=O)N1C[C@H](C)C[C@H]1C(=O)NC(CC1CCC1)C(=O)C(N)=O)C(C)(C)C)C(=O)N1CCCCC1. The van der Waals surface area contributed by atoms with Crippen LogP contribution in [-0.4, -0.2) is 89.0 Å². The summed E-state index contributed by atoms with van der Waals surface area (Å²) in [6.45, 7) is 12.8. The van der Waals surface area contributed by atoms with Crippen molar-refractivity contribution >= 4 is 35.4 Å². The molecule has 6 amide bonds. The summed E-state index contributed by atoms with van der Waals surface area (Å²) in [6.07, 6.45) is 6.55. The van der Waals surface area contributed by atoms with E-state index in [0.717, 1.165) is 38.5 Å². The second-order valence-electron chi connectivity index (χ2n) is 14.2. The zero-order chi connectivity index (χ0) is 32.1. The Kier molecular flexibility index (Phi) is 11.6. The molecule has 0 aromatic carbocycles. The molecule has 5 atom stereocenters. The molecule has 2 aliphatic heterocycles. The molecule has 3 rings (SSSR count). The predicted octanol–water partition coefficient (Wildman–Crippen LogP) is 1.70. The topological polar surface area (TPSA) is 171 Å². The van der Waals surface area contributed by atoms with Gasteiger partial charge in [-0.15, -0.1) is 0 Å². The lowest BCUT2D eigenvalue weighted by molar-refractivity contribution is -0.143. The van der Waals surface area contributed by atoms with Crippen molar-refractivity contribution in [3.63, 3.8) is 0 Å². The highest BCUT2D eigenvalue weighted by molar-refractivity contribution is 6.37. The van der Waals surface area contributed by atoms with Crippen molar-refractivity contribution in [1.82, 2.24) is 25.8 Å². The molecular weight excluding hydrogens is 552 g/mol. The molecule has 2 heterocycles. The van der Waals surface area contributed by atoms with Crippen LogP contribution in [0, 0.1) is 23.2 Å². The van der Waals surface area contributed by atoms with Crippen molar-refractivity contribution in [3.8, 4) is 0 Å². The average molecular weight is 605 g/mol. The van der Waals surface area contributed by atoms with Gasteiger partial charge < -0.3 is 31.5 Å². The Bertz CT molecular complexity index is 1060. The van der Waals surface area contributed by atoms with E-state index >= 15 is 0 Å². The standard InChI is InChI=1S/C31H52N6O6/c1-18(2)23(28(41)36-13-8-7-9-14-36)34-30(43)35-25(31(4,5)6)29(42)37-17-19(3)15-22(37)27(40)33-21(24(38)26(32)39)16-20-11-10-12-20/h18-23,25H,7-17H2,1-6H3,(H2,32,39)(H,33,40)(H2,34,35,43)/t19-,21?,22+,23+,25-/m1/s1. The van der Waals surface area contributed by atoms with Crippen LogP contribution >= 0.6 is 0 Å². The van der Waals surface area contributed by atoms with E-state index in [1.807, 2.05) is 41.5 Å². The summed E-state index contributed by atoms with van der Waals surface area (Å²) in [6, 6.07) is -4.27. The summed E-state index contributed by atoms with van der Waals surface area (Å²) in [5.41, 5.74) is 4.55. The molecule has 0 spiro atoms. The first-order valence-electron chi connectivity index (χ1n) is 15.9. The van der Waals surface area contributed by atoms with Crippen LogP contribution in [0.15, 0.2) is 0 Å². The predicted molar refractivity (Wildman–Crippen MR) is 161 cm³/mol. The van der Waals surface area contributed by atoms with Gasteiger partial charge >= 0.3 is 6.03 Å². The van der Waals surface area contributed by atoms with Gasteiger partial charge in [0.05, 0.1) is 6.04 Å². The van der Waals surface area contributed by atoms with E-state index in [1.165, 1.54) is 4.90 Å². The molecule has 3 fully saturated rings. The zero-order valence-corrected chi connectivity index (χ0v) is 26.7. The van der Waals surface area contributed by atoms with Gasteiger partial charge in [-0.05, 0) is 55.3 Å². The Labute approximate surface area is 255 Å². The minimum Gasteiger partial charge on any atom is -0.363 e. The molecule has 3 aliphatic rings. The van der Waals surface area contributed by atoms with E-state index in [4.69, 9.17) is 5.73 Å². The number of Topliss-reactive ketones (excluding diaryl/α,β-unsaturated/α-hetero) is 1. The molecule has 12 heteroatoms. The first-order chi connectivity index (χ1) is 20.1. The summed E-state index contributed by atoms with van der Waals surface area (Å²) in [5, 5.41) is 8.34. The van der Waals surface area contributed by atoms with E-state index < -0.39 is 59.1 Å². The number of carbonyl (C=O) groups is 6. The Hall–Kier alpha value is -3.18. The molecule has 43 heavy (non-hydrogen) atoms. The zero-order valence-electron chi connectivity index (χ0n) is 26.7. The first-order valence-corrected chi connectivity index (χ1v) is 15.9. The van der Waals surface area contributed by atoms with Gasteiger partial charge in [0.1, 0.15) is 18.1 Å². The lowest BCUT2D eigenvalue weighted by Gasteiger charge is -2.37. The van der Waals surface area contributed by atoms with Crippen LogP contribution in [0.4, 0.5) is 4.79 Å². The lowest BCUT2D eigenvalue weighted by Crippen LogP contribution is -2.62. The maximum atomic E-state index is 14.0. The smallest absolute Gasteiger partial charge is 0.316 e. The number of nitrogens with two attached hydrogens (primary N) is 1. The van der Waals surface area contributed by atoms with Gasteiger partial charge in [0.25, 0.3) is 5.91 Å². The molecule has 2 saturated heterocycles. The number of primary amides is 1. The summed E-state index contributed by atoms with van der Waals surface area (Å²) >= 11 is 0. The van der Waals surface area contributed by atoms with Crippen molar-refractivity contribution in [2.75, 3.05) is 19.6 Å². The molecule has 242 valence electrons. The van der Waals surface area contributed by atoms with Crippen molar-refractivity contribution in [2.24, 2.45) is 28.9 Å². The van der Waals surface area contributed by atoms with Gasteiger partial charge in [0.15, 0.2) is 0 Å². The van der Waals surface area contributed by atoms with E-state index in [2.05, 4.69) is 16.0 Å². The third kappa shape index (κ3) is 8.92. The largest absolute Gasteiger partial charge is 0.363 e. The van der Waals surface area contributed by atoms with E-state index in [9.17, 15) is 28.8 Å². The monoisotopic (exact) mass is 604 g/mol. The number of amides is 6. The van der Waals surface area contributed by atoms with Crippen LogP contribution in [0.1, 0.15) is 92.9 Å². The Morgan fingerprint density at radius 3 is 2.02 bits per heavy atom. The molecule has 1 aliphatic carbocycles. The lowest BCUT2D eigenvalue weighted by atomic mass is 9.80. The van der Waals surface area contributed by atoms with Gasteiger partial charge in [-0.1, -0.05) is 60.8 Å². The molecule has 1 unspecified atom stereocenters. The molecule has 0 bridgehead atoms. The minimum absolute atomic E-state index is 0.00134. The highest BCUT2D eigenvalue weighted by atomic mass is 16.2. The molecule has 12 nitrogen and oxygen atoms in total. The van der Waals surface area contributed by atoms with E-state index in [-0.39, 0.29) is 23.7 Å². The second-order valence-corrected chi connectivity index (χ2v) is 14.2. The highest BCUT2D eigenvalue weighted by Crippen LogP contribution is 2.32. The number of likely N-dealkylation sites (tertiary alicyclic amines) is 2. The number of urea groups is 1. The normalized spacial score (nSPS) is 23.1. The van der Waals surface area contributed by atoms with Crippen molar-refractivity contribution in [3.05, 3.63) is 0 Å². The number of nitrogens with zero attached hydrogens (tertiary/aromatic N) is 2. The summed E-state index contributed by atoms with van der Waals surface area (Å²) in [7, 11) is 0. The van der Waals surface area contributed by atoms with Crippen LogP contribution in [0.3, 0.4) is 0 Å². The summed E-state index contributed by atoms with van der Waals surface area (Å²) < 4.78 is 0. The highest BCUT2D eigenvalue weighted by Gasteiger charge is 2.45. The van der Waals surface area contributed by atoms with Crippen LogP contribution in [-0.2, 0) is 24.0 Å². The number of ketones is 1. The second kappa shape index (κ2) is 14.5. The molecule has 1 saturated carbocycles. The van der Waals surface area contributed by atoms with Gasteiger partial charge in [0.2, 0.25) is 23.5 Å². The van der Waals surface area contributed by atoms with Gasteiger partial charge in [-0.3, -0.25) is 24.0 Å². The van der Waals surface area contributed by atoms with Crippen LogP contribution < -0.4 is 21.7 Å². The van der Waals surface area contributed by atoms with Crippen LogP contribution in [0.25, 0.3) is 0 Å². The first kappa shape index (κ1) is 34.3. The number of nitrogens with one attached hydrogen (secondary N) is 3. The van der Waals surface area contributed by atoms with Crippen LogP contribution in [0.5, 0.6) is 0 Å². The van der Waals surface area contributed by atoms with Crippen molar-refractivity contribution in [1.29, 1.82) is 0 Å². The fraction of sp³-hybridized carbons (Fsp3) is 0.806. The number of hydrogen-bond acceptors (Lipinski definition) is 6. The van der Waals surface area contributed by atoms with Crippen molar-refractivity contribution < 1.29 is 28.8 Å². The average Bonchev–Trinajstić information content (AvgIpc) is 3.31. The van der Waals surface area contributed by atoms with Gasteiger partial charge in [0, 0.05) is 19.6 Å². The third-order valence-electron chi connectivity index (χ3n) is 9.04. The van der Waals surface area contributed by atoms with E-state index in [1.54, 1.807) is 4.90 Å². The van der Waals surface area contributed by atoms with Gasteiger partial charge in [-0.25, -0.2) is 4.79 Å². The Balaban J connectivity index is 1.74. The van der Waals surface area contributed by atoms with E-state index in [0.29, 0.717) is 32.5 Å². The fourth-order valence-corrected chi connectivity index (χ4v) is 6.22. The third-order valence-corrected chi connectivity index (χ3v) is 9.04. The molecule has 0 radical (unpaired) electrons. The number of hydrogen-bond donors (Lipinski definition) is 4. The number of piperidine rings is 1. The Morgan fingerprint density at radius 1 is 0.884 bits per heavy atom. The van der Waals surface area contributed by atoms with Crippen molar-refractivity contribution in [2.45, 2.75) is 117 Å². The number of rotatable bonds is 11. The summed E-state index contributed by atoms with van der Waals surface area (Å²) in [4.78, 5) is 81.6. The maximum Gasteiger partial charge on any atom is 0.316 e.